The van der Waals surface area contributed by atoms with Gasteiger partial charge in [0.2, 0.25) is 0 Å². The number of fused-ring (bicyclic) bond motifs is 1. The van der Waals surface area contributed by atoms with Crippen molar-refractivity contribution < 1.29 is 4.84 Å². The molecule has 0 saturated heterocycles. The molecular formula is C16H13BrN4O2. The van der Waals surface area contributed by atoms with Crippen molar-refractivity contribution in [1.29, 1.82) is 0 Å². The van der Waals surface area contributed by atoms with Crippen LogP contribution in [0.3, 0.4) is 0 Å². The highest BCUT2D eigenvalue weighted by molar-refractivity contribution is 9.10. The SMILES string of the molecule is COn1c(NN=Cc2ccc(Br)cc2)nc2ccccc2c1=O. The first kappa shape index (κ1) is 15.2. The molecule has 3 rings (SSSR count). The summed E-state index contributed by atoms with van der Waals surface area (Å²) in [7, 11) is 1.40. The molecule has 3 aromatic rings. The largest absolute Gasteiger partial charge is 0.411 e. The zero-order valence-corrected chi connectivity index (χ0v) is 13.8. The standard InChI is InChI=1S/C16H13BrN4O2/c1-23-21-15(22)13-4-2-3-5-14(13)19-16(21)20-18-10-11-6-8-12(17)9-7-11/h2-10H,1H3,(H,19,20). The highest BCUT2D eigenvalue weighted by Crippen LogP contribution is 2.11. The number of rotatable bonds is 4. The summed E-state index contributed by atoms with van der Waals surface area (Å²) in [5, 5.41) is 4.59. The first-order valence-electron chi connectivity index (χ1n) is 6.80. The predicted molar refractivity (Wildman–Crippen MR) is 93.9 cm³/mol. The zero-order chi connectivity index (χ0) is 16.2. The quantitative estimate of drug-likeness (QED) is 0.564. The number of halogens is 1. The molecule has 7 heteroatoms. The topological polar surface area (TPSA) is 68.5 Å². The second-order valence-electron chi connectivity index (χ2n) is 4.66. The first-order valence-corrected chi connectivity index (χ1v) is 7.59. The highest BCUT2D eigenvalue weighted by Gasteiger charge is 2.10. The zero-order valence-electron chi connectivity index (χ0n) is 12.2. The highest BCUT2D eigenvalue weighted by atomic mass is 79.9. The van der Waals surface area contributed by atoms with Crippen LogP contribution in [0, 0.1) is 0 Å². The summed E-state index contributed by atoms with van der Waals surface area (Å²) in [6, 6.07) is 14.7. The molecule has 0 bridgehead atoms. The van der Waals surface area contributed by atoms with E-state index in [0.29, 0.717) is 10.9 Å². The Labute approximate surface area is 140 Å². The van der Waals surface area contributed by atoms with Gasteiger partial charge in [0.05, 0.1) is 17.1 Å². The number of benzene rings is 2. The van der Waals surface area contributed by atoms with E-state index in [0.717, 1.165) is 14.8 Å². The van der Waals surface area contributed by atoms with Crippen molar-refractivity contribution in [3.63, 3.8) is 0 Å². The van der Waals surface area contributed by atoms with Crippen molar-refractivity contribution in [2.45, 2.75) is 0 Å². The molecule has 1 N–H and O–H groups in total. The van der Waals surface area contributed by atoms with Crippen molar-refractivity contribution >= 4 is 39.0 Å². The molecule has 0 aliphatic carbocycles. The number of hydrogen-bond donors (Lipinski definition) is 1. The Morgan fingerprint density at radius 1 is 1.22 bits per heavy atom. The molecule has 1 aromatic heterocycles. The summed E-state index contributed by atoms with van der Waals surface area (Å²) < 4.78 is 2.06. The Hall–Kier alpha value is -2.67. The van der Waals surface area contributed by atoms with E-state index in [1.807, 2.05) is 30.3 Å². The van der Waals surface area contributed by atoms with Crippen LogP contribution >= 0.6 is 15.9 Å². The van der Waals surface area contributed by atoms with Gasteiger partial charge in [-0.3, -0.25) is 4.79 Å². The average Bonchev–Trinajstić information content (AvgIpc) is 2.57. The molecule has 0 spiro atoms. The Morgan fingerprint density at radius 2 is 1.96 bits per heavy atom. The van der Waals surface area contributed by atoms with E-state index in [2.05, 4.69) is 31.4 Å². The summed E-state index contributed by atoms with van der Waals surface area (Å²) >= 11 is 3.38. The van der Waals surface area contributed by atoms with Gasteiger partial charge in [0.25, 0.3) is 11.5 Å². The summed E-state index contributed by atoms with van der Waals surface area (Å²) in [4.78, 5) is 21.8. The van der Waals surface area contributed by atoms with E-state index in [-0.39, 0.29) is 11.5 Å². The lowest BCUT2D eigenvalue weighted by Crippen LogP contribution is -2.28. The van der Waals surface area contributed by atoms with Gasteiger partial charge < -0.3 is 4.84 Å². The molecule has 0 unspecified atom stereocenters. The predicted octanol–water partition coefficient (Wildman–Crippen LogP) is 2.66. The normalized spacial score (nSPS) is 11.0. The van der Waals surface area contributed by atoms with Gasteiger partial charge in [0.1, 0.15) is 7.11 Å². The molecule has 0 saturated carbocycles. The van der Waals surface area contributed by atoms with Crippen molar-refractivity contribution in [2.75, 3.05) is 12.5 Å². The third-order valence-corrected chi connectivity index (χ3v) is 3.70. The summed E-state index contributed by atoms with van der Waals surface area (Å²) in [5.74, 6) is 0.213. The molecule has 0 aliphatic rings. The van der Waals surface area contributed by atoms with Crippen LogP contribution in [-0.4, -0.2) is 23.0 Å². The molecule has 23 heavy (non-hydrogen) atoms. The second-order valence-corrected chi connectivity index (χ2v) is 5.57. The fourth-order valence-electron chi connectivity index (χ4n) is 2.07. The van der Waals surface area contributed by atoms with Gasteiger partial charge in [0.15, 0.2) is 0 Å². The minimum Gasteiger partial charge on any atom is -0.411 e. The maximum absolute atomic E-state index is 12.4. The van der Waals surface area contributed by atoms with E-state index in [4.69, 9.17) is 4.84 Å². The third-order valence-electron chi connectivity index (χ3n) is 3.17. The maximum atomic E-state index is 12.4. The monoisotopic (exact) mass is 372 g/mol. The van der Waals surface area contributed by atoms with Crippen LogP contribution in [0.2, 0.25) is 0 Å². The van der Waals surface area contributed by atoms with E-state index in [1.165, 1.54) is 7.11 Å². The van der Waals surface area contributed by atoms with Crippen LogP contribution in [0.1, 0.15) is 5.56 Å². The van der Waals surface area contributed by atoms with Crippen molar-refractivity contribution in [2.24, 2.45) is 5.10 Å². The molecule has 0 atom stereocenters. The molecular weight excluding hydrogens is 360 g/mol. The van der Waals surface area contributed by atoms with Gasteiger partial charge in [-0.05, 0) is 29.8 Å². The number of anilines is 1. The van der Waals surface area contributed by atoms with Crippen molar-refractivity contribution in [1.82, 2.24) is 9.71 Å². The van der Waals surface area contributed by atoms with E-state index >= 15 is 0 Å². The molecule has 0 aliphatic heterocycles. The number of aromatic nitrogens is 2. The van der Waals surface area contributed by atoms with E-state index in [9.17, 15) is 4.79 Å². The van der Waals surface area contributed by atoms with Crippen LogP contribution in [0.15, 0.2) is 62.9 Å². The van der Waals surface area contributed by atoms with Crippen LogP contribution in [0.5, 0.6) is 0 Å². The number of nitrogens with one attached hydrogen (secondary N) is 1. The van der Waals surface area contributed by atoms with E-state index < -0.39 is 0 Å². The van der Waals surface area contributed by atoms with Gasteiger partial charge >= 0.3 is 0 Å². The van der Waals surface area contributed by atoms with Crippen molar-refractivity contribution in [3.05, 3.63) is 68.9 Å². The fourth-order valence-corrected chi connectivity index (χ4v) is 2.33. The van der Waals surface area contributed by atoms with Gasteiger partial charge in [0, 0.05) is 4.47 Å². The number of hydrogen-bond acceptors (Lipinski definition) is 5. The fraction of sp³-hybridized carbons (Fsp3) is 0.0625. The van der Waals surface area contributed by atoms with Crippen LogP contribution in [0.4, 0.5) is 5.95 Å². The van der Waals surface area contributed by atoms with Crippen LogP contribution < -0.4 is 15.8 Å². The Morgan fingerprint density at radius 3 is 2.70 bits per heavy atom. The van der Waals surface area contributed by atoms with Crippen LogP contribution in [0.25, 0.3) is 10.9 Å². The lowest BCUT2D eigenvalue weighted by Gasteiger charge is -2.10. The second kappa shape index (κ2) is 6.62. The van der Waals surface area contributed by atoms with E-state index in [1.54, 1.807) is 24.4 Å². The first-order chi connectivity index (χ1) is 11.2. The lowest BCUT2D eigenvalue weighted by atomic mass is 10.2. The van der Waals surface area contributed by atoms with Gasteiger partial charge in [-0.15, -0.1) is 4.73 Å². The van der Waals surface area contributed by atoms with Crippen LogP contribution in [-0.2, 0) is 0 Å². The van der Waals surface area contributed by atoms with Crippen molar-refractivity contribution in [3.8, 4) is 0 Å². The Kier molecular flexibility index (Phi) is 4.38. The Bertz CT molecular complexity index is 920. The minimum atomic E-state index is -0.292. The number of hydrazone groups is 1. The van der Waals surface area contributed by atoms with Gasteiger partial charge in [-0.25, -0.2) is 10.4 Å². The number of nitrogens with zero attached hydrogens (tertiary/aromatic N) is 3. The van der Waals surface area contributed by atoms with Gasteiger partial charge in [-0.1, -0.05) is 40.2 Å². The van der Waals surface area contributed by atoms with Gasteiger partial charge in [-0.2, -0.15) is 5.10 Å². The summed E-state index contributed by atoms with van der Waals surface area (Å²) in [6.07, 6.45) is 1.63. The minimum absolute atomic E-state index is 0.213. The average molecular weight is 373 g/mol. The third kappa shape index (κ3) is 3.24. The number of para-hydroxylation sites is 1. The molecule has 6 nitrogen and oxygen atoms in total. The molecule has 2 aromatic carbocycles. The maximum Gasteiger partial charge on any atom is 0.295 e. The lowest BCUT2D eigenvalue weighted by molar-refractivity contribution is 0.161. The summed E-state index contributed by atoms with van der Waals surface area (Å²) in [6.45, 7) is 0. The molecule has 1 heterocycles. The summed E-state index contributed by atoms with van der Waals surface area (Å²) in [5.41, 5.74) is 3.94. The molecule has 116 valence electrons. The molecule has 0 amide bonds. The molecule has 0 radical (unpaired) electrons. The molecule has 0 fully saturated rings. The smallest absolute Gasteiger partial charge is 0.295 e. The Balaban J connectivity index is 1.93.